The lowest BCUT2D eigenvalue weighted by molar-refractivity contribution is 0.400. The van der Waals surface area contributed by atoms with Crippen molar-refractivity contribution in [2.45, 2.75) is 71.6 Å². The molecule has 17 heavy (non-hydrogen) atoms. The van der Waals surface area contributed by atoms with E-state index >= 15 is 0 Å². The molecule has 0 fully saturated rings. The minimum Gasteiger partial charge on any atom is -0.195 e. The molecule has 2 heteroatoms. The average molecular weight is 256 g/mol. The molecule has 1 atom stereocenters. The maximum absolute atomic E-state index is 13.5. The first-order chi connectivity index (χ1) is 8.07. The van der Waals surface area contributed by atoms with Crippen LogP contribution in [0.5, 0.6) is 0 Å². The van der Waals surface area contributed by atoms with Crippen molar-refractivity contribution in [3.8, 4) is 0 Å². The highest BCUT2D eigenvalue weighted by atomic mass is 32.1. The van der Waals surface area contributed by atoms with Crippen LogP contribution >= 0.6 is 11.3 Å². The van der Waals surface area contributed by atoms with Gasteiger partial charge in [-0.15, -0.1) is 11.3 Å². The van der Waals surface area contributed by atoms with Crippen LogP contribution in [0, 0.1) is 5.13 Å². The van der Waals surface area contributed by atoms with E-state index in [-0.39, 0.29) is 10.5 Å². The summed E-state index contributed by atoms with van der Waals surface area (Å²) >= 11 is 1.35. The predicted octanol–water partition coefficient (Wildman–Crippen LogP) is 5.70. The molecule has 0 saturated heterocycles. The zero-order valence-electron chi connectivity index (χ0n) is 11.6. The third-order valence-electron chi connectivity index (χ3n) is 3.77. The summed E-state index contributed by atoms with van der Waals surface area (Å²) in [5.74, 6) is 0. The third-order valence-corrected chi connectivity index (χ3v) is 4.75. The fourth-order valence-corrected chi connectivity index (χ4v) is 3.52. The van der Waals surface area contributed by atoms with Gasteiger partial charge in [-0.05, 0) is 36.3 Å². The summed E-state index contributed by atoms with van der Waals surface area (Å²) in [5.41, 5.74) is 1.44. The summed E-state index contributed by atoms with van der Waals surface area (Å²) in [6.45, 7) is 8.90. The maximum atomic E-state index is 13.5. The Balaban J connectivity index is 3.00. The van der Waals surface area contributed by atoms with Crippen molar-refractivity contribution in [2.24, 2.45) is 0 Å². The summed E-state index contributed by atoms with van der Waals surface area (Å²) in [5, 5.41) is -0.0142. The van der Waals surface area contributed by atoms with Gasteiger partial charge in [0.05, 0.1) is 0 Å². The second-order valence-electron chi connectivity index (χ2n) is 5.16. The van der Waals surface area contributed by atoms with Gasteiger partial charge < -0.3 is 0 Å². The van der Waals surface area contributed by atoms with Crippen LogP contribution in [0.3, 0.4) is 0 Å². The zero-order valence-corrected chi connectivity index (χ0v) is 12.4. The molecule has 0 N–H and O–H groups in total. The number of hydrogen-bond donors (Lipinski definition) is 0. The minimum atomic E-state index is -0.0142. The molecule has 98 valence electrons. The SMILES string of the molecule is CCCCC(C)(CC)c1cc(F)sc1CCC. The largest absolute Gasteiger partial charge is 0.195 e. The smallest absolute Gasteiger partial charge is 0.176 e. The summed E-state index contributed by atoms with van der Waals surface area (Å²) in [6, 6.07) is 1.79. The van der Waals surface area contributed by atoms with Gasteiger partial charge in [-0.25, -0.2) is 0 Å². The van der Waals surface area contributed by atoms with Gasteiger partial charge in [-0.3, -0.25) is 0 Å². The van der Waals surface area contributed by atoms with E-state index in [0.717, 1.165) is 19.3 Å². The Hall–Kier alpha value is -0.370. The lowest BCUT2D eigenvalue weighted by atomic mass is 9.76. The highest BCUT2D eigenvalue weighted by molar-refractivity contribution is 7.10. The maximum Gasteiger partial charge on any atom is 0.176 e. The van der Waals surface area contributed by atoms with E-state index in [0.29, 0.717) is 0 Å². The van der Waals surface area contributed by atoms with Crippen molar-refractivity contribution in [1.29, 1.82) is 0 Å². The van der Waals surface area contributed by atoms with Crippen molar-refractivity contribution in [3.63, 3.8) is 0 Å². The van der Waals surface area contributed by atoms with Crippen molar-refractivity contribution in [2.75, 3.05) is 0 Å². The number of hydrogen-bond acceptors (Lipinski definition) is 1. The Morgan fingerprint density at radius 1 is 1.24 bits per heavy atom. The molecule has 0 saturated carbocycles. The molecule has 0 amide bonds. The van der Waals surface area contributed by atoms with E-state index in [1.807, 2.05) is 0 Å². The van der Waals surface area contributed by atoms with Gasteiger partial charge >= 0.3 is 0 Å². The molecular weight excluding hydrogens is 231 g/mol. The summed E-state index contributed by atoms with van der Waals surface area (Å²) in [7, 11) is 0. The summed E-state index contributed by atoms with van der Waals surface area (Å²) in [6.07, 6.45) is 6.83. The predicted molar refractivity (Wildman–Crippen MR) is 75.4 cm³/mol. The Bertz CT molecular complexity index is 343. The molecule has 0 bridgehead atoms. The highest BCUT2D eigenvalue weighted by Crippen LogP contribution is 2.39. The molecule has 1 rings (SSSR count). The Morgan fingerprint density at radius 3 is 2.47 bits per heavy atom. The van der Waals surface area contributed by atoms with E-state index < -0.39 is 0 Å². The highest BCUT2D eigenvalue weighted by Gasteiger charge is 2.28. The van der Waals surface area contributed by atoms with E-state index in [1.54, 1.807) is 6.07 Å². The first-order valence-electron chi connectivity index (χ1n) is 6.86. The Kier molecular flexibility index (Phi) is 5.64. The van der Waals surface area contributed by atoms with Gasteiger partial charge in [0.15, 0.2) is 5.13 Å². The topological polar surface area (TPSA) is 0 Å². The van der Waals surface area contributed by atoms with E-state index in [4.69, 9.17) is 0 Å². The van der Waals surface area contributed by atoms with Crippen molar-refractivity contribution in [3.05, 3.63) is 21.6 Å². The molecule has 0 aromatic carbocycles. The number of unbranched alkanes of at least 4 members (excludes halogenated alkanes) is 1. The van der Waals surface area contributed by atoms with Crippen molar-refractivity contribution >= 4 is 11.3 Å². The lowest BCUT2D eigenvalue weighted by Gasteiger charge is -2.29. The molecule has 1 aromatic heterocycles. The average Bonchev–Trinajstić information content (AvgIpc) is 2.68. The minimum absolute atomic E-state index is 0.0142. The van der Waals surface area contributed by atoms with Crippen LogP contribution in [0.2, 0.25) is 0 Å². The molecule has 1 unspecified atom stereocenters. The molecule has 0 spiro atoms. The van der Waals surface area contributed by atoms with Crippen LogP contribution in [-0.4, -0.2) is 0 Å². The first kappa shape index (κ1) is 14.7. The molecule has 1 aromatic rings. The second-order valence-corrected chi connectivity index (χ2v) is 6.24. The van der Waals surface area contributed by atoms with Gasteiger partial charge in [-0.1, -0.05) is 47.0 Å². The first-order valence-corrected chi connectivity index (χ1v) is 7.67. The Labute approximate surface area is 109 Å². The fourth-order valence-electron chi connectivity index (χ4n) is 2.39. The molecule has 0 aliphatic rings. The molecule has 1 heterocycles. The molecule has 0 nitrogen and oxygen atoms in total. The molecular formula is C15H25FS. The summed E-state index contributed by atoms with van der Waals surface area (Å²) in [4.78, 5) is 1.27. The van der Waals surface area contributed by atoms with Crippen LogP contribution in [-0.2, 0) is 11.8 Å². The number of aryl methyl sites for hydroxylation is 1. The van der Waals surface area contributed by atoms with E-state index in [9.17, 15) is 4.39 Å². The van der Waals surface area contributed by atoms with Crippen LogP contribution in [0.4, 0.5) is 4.39 Å². The van der Waals surface area contributed by atoms with E-state index in [1.165, 1.54) is 41.0 Å². The van der Waals surface area contributed by atoms with Gasteiger partial charge in [0.1, 0.15) is 0 Å². The second kappa shape index (κ2) is 6.53. The fraction of sp³-hybridized carbons (Fsp3) is 0.733. The van der Waals surface area contributed by atoms with Gasteiger partial charge in [0, 0.05) is 4.88 Å². The molecule has 0 aliphatic heterocycles. The van der Waals surface area contributed by atoms with E-state index in [2.05, 4.69) is 27.7 Å². The van der Waals surface area contributed by atoms with Crippen LogP contribution < -0.4 is 0 Å². The zero-order chi connectivity index (χ0) is 12.9. The van der Waals surface area contributed by atoms with Gasteiger partial charge in [0.25, 0.3) is 0 Å². The third kappa shape index (κ3) is 3.54. The van der Waals surface area contributed by atoms with Crippen molar-refractivity contribution < 1.29 is 4.39 Å². The monoisotopic (exact) mass is 256 g/mol. The molecule has 0 radical (unpaired) electrons. The van der Waals surface area contributed by atoms with Crippen molar-refractivity contribution in [1.82, 2.24) is 0 Å². The number of halogens is 1. The lowest BCUT2D eigenvalue weighted by Crippen LogP contribution is -2.21. The Morgan fingerprint density at radius 2 is 1.94 bits per heavy atom. The summed E-state index contributed by atoms with van der Waals surface area (Å²) < 4.78 is 13.5. The van der Waals surface area contributed by atoms with Crippen LogP contribution in [0.15, 0.2) is 6.07 Å². The van der Waals surface area contributed by atoms with Crippen LogP contribution in [0.25, 0.3) is 0 Å². The molecule has 0 aliphatic carbocycles. The normalized spacial score (nSPS) is 14.9. The van der Waals surface area contributed by atoms with Crippen LogP contribution in [0.1, 0.15) is 70.2 Å². The number of rotatable bonds is 7. The standard InChI is InChI=1S/C15H25FS/c1-5-8-10-15(4,7-3)12-11-14(16)17-13(12)9-6-2/h11H,5-10H2,1-4H3. The van der Waals surface area contributed by atoms with Gasteiger partial charge in [0.2, 0.25) is 0 Å². The quantitative estimate of drug-likeness (QED) is 0.587. The number of thiophene rings is 1. The van der Waals surface area contributed by atoms with Gasteiger partial charge in [-0.2, -0.15) is 4.39 Å².